The minimum absolute atomic E-state index is 0.0325. The van der Waals surface area contributed by atoms with Crippen LogP contribution in [0, 0.1) is 18.8 Å². The van der Waals surface area contributed by atoms with E-state index in [9.17, 15) is 13.5 Å². The molecule has 0 aliphatic rings. The van der Waals surface area contributed by atoms with Gasteiger partial charge in [0.2, 0.25) is 0 Å². The van der Waals surface area contributed by atoms with Gasteiger partial charge in [0.05, 0.1) is 30.3 Å². The lowest BCUT2D eigenvalue weighted by molar-refractivity contribution is 0.104. The molecule has 0 amide bonds. The Morgan fingerprint density at radius 1 is 0.844 bits per heavy atom. The van der Waals surface area contributed by atoms with Crippen LogP contribution in [0.15, 0.2) is 53.4 Å². The fraction of sp³-hybridized carbons (Fsp3) is 0.520. The van der Waals surface area contributed by atoms with Gasteiger partial charge >= 0.3 is 0 Å². The molecule has 0 fully saturated rings. The van der Waals surface area contributed by atoms with Gasteiger partial charge in [-0.05, 0) is 55.2 Å². The molecular weight excluding hydrogens is 424 g/mol. The molecule has 0 aliphatic heterocycles. The standard InChI is InChI=1S/C25H38N2O4S/c1-19(2)15-26(16-20(3)4)17-23(28)18-27(22-9-11-24(31-6)12-10-22)32(29,30)25-13-7-21(5)8-14-25/h7-14,19-20,23,28H,15-18H2,1-6H3/t23-/m0/s1. The van der Waals surface area contributed by atoms with Crippen molar-refractivity contribution in [3.05, 3.63) is 54.1 Å². The molecule has 0 saturated heterocycles. The van der Waals surface area contributed by atoms with E-state index in [1.54, 1.807) is 55.6 Å². The van der Waals surface area contributed by atoms with Gasteiger partial charge in [0.15, 0.2) is 0 Å². The first-order valence-electron chi connectivity index (χ1n) is 11.2. The average Bonchev–Trinajstić information content (AvgIpc) is 2.71. The van der Waals surface area contributed by atoms with Crippen LogP contribution >= 0.6 is 0 Å². The van der Waals surface area contributed by atoms with Crippen molar-refractivity contribution in [1.29, 1.82) is 0 Å². The largest absolute Gasteiger partial charge is 0.497 e. The number of nitrogens with zero attached hydrogens (tertiary/aromatic N) is 2. The molecule has 0 heterocycles. The summed E-state index contributed by atoms with van der Waals surface area (Å²) in [5.74, 6) is 1.55. The first-order chi connectivity index (χ1) is 15.0. The molecule has 2 rings (SSSR count). The minimum atomic E-state index is -3.85. The Kier molecular flexibility index (Phi) is 9.55. The zero-order chi connectivity index (χ0) is 23.9. The summed E-state index contributed by atoms with van der Waals surface area (Å²) < 4.78 is 33.6. The maximum Gasteiger partial charge on any atom is 0.264 e. The van der Waals surface area contributed by atoms with Gasteiger partial charge in [0, 0.05) is 19.6 Å². The number of ether oxygens (including phenoxy) is 1. The molecule has 0 bridgehead atoms. The number of aliphatic hydroxyl groups is 1. The summed E-state index contributed by atoms with van der Waals surface area (Å²) in [7, 11) is -2.29. The molecule has 0 aliphatic carbocycles. The molecule has 0 spiro atoms. The lowest BCUT2D eigenvalue weighted by Crippen LogP contribution is -2.44. The van der Waals surface area contributed by atoms with E-state index in [0.29, 0.717) is 29.8 Å². The highest BCUT2D eigenvalue weighted by molar-refractivity contribution is 7.92. The fourth-order valence-corrected chi connectivity index (χ4v) is 5.23. The Balaban J connectivity index is 2.34. The number of hydrogen-bond acceptors (Lipinski definition) is 5. The van der Waals surface area contributed by atoms with Crippen LogP contribution in [0.1, 0.15) is 33.3 Å². The Morgan fingerprint density at radius 2 is 1.38 bits per heavy atom. The summed E-state index contributed by atoms with van der Waals surface area (Å²) in [5.41, 5.74) is 1.47. The van der Waals surface area contributed by atoms with Gasteiger partial charge in [0.1, 0.15) is 5.75 Å². The number of aliphatic hydroxyl groups excluding tert-OH is 1. The molecular formula is C25H38N2O4S. The predicted molar refractivity (Wildman–Crippen MR) is 131 cm³/mol. The molecule has 0 saturated carbocycles. The van der Waals surface area contributed by atoms with E-state index >= 15 is 0 Å². The maximum absolute atomic E-state index is 13.5. The van der Waals surface area contributed by atoms with Crippen LogP contribution < -0.4 is 9.04 Å². The van der Waals surface area contributed by atoms with Crippen LogP contribution in [0.5, 0.6) is 5.75 Å². The van der Waals surface area contributed by atoms with E-state index in [1.807, 2.05) is 6.92 Å². The number of rotatable bonds is 12. The van der Waals surface area contributed by atoms with Crippen molar-refractivity contribution in [1.82, 2.24) is 4.90 Å². The summed E-state index contributed by atoms with van der Waals surface area (Å²) in [6, 6.07) is 13.6. The first-order valence-corrected chi connectivity index (χ1v) is 12.6. The van der Waals surface area contributed by atoms with Crippen molar-refractivity contribution in [3.8, 4) is 5.75 Å². The van der Waals surface area contributed by atoms with Crippen molar-refractivity contribution < 1.29 is 18.3 Å². The molecule has 32 heavy (non-hydrogen) atoms. The van der Waals surface area contributed by atoms with E-state index in [4.69, 9.17) is 4.74 Å². The molecule has 7 heteroatoms. The average molecular weight is 463 g/mol. The Hall–Kier alpha value is -2.09. The summed E-state index contributed by atoms with van der Waals surface area (Å²) in [6.07, 6.45) is -0.838. The number of anilines is 1. The van der Waals surface area contributed by atoms with Crippen molar-refractivity contribution in [2.24, 2.45) is 11.8 Å². The number of methoxy groups -OCH3 is 1. The molecule has 178 valence electrons. The second-order valence-electron chi connectivity index (χ2n) is 9.21. The van der Waals surface area contributed by atoms with Crippen molar-refractivity contribution >= 4 is 15.7 Å². The monoisotopic (exact) mass is 462 g/mol. The molecule has 6 nitrogen and oxygen atoms in total. The van der Waals surface area contributed by atoms with E-state index in [-0.39, 0.29) is 11.4 Å². The van der Waals surface area contributed by atoms with Gasteiger partial charge in [-0.1, -0.05) is 45.4 Å². The third kappa shape index (κ3) is 7.50. The van der Waals surface area contributed by atoms with Gasteiger partial charge in [-0.2, -0.15) is 0 Å². The minimum Gasteiger partial charge on any atom is -0.497 e. The first kappa shape index (κ1) is 26.2. The molecule has 2 aromatic carbocycles. The van der Waals surface area contributed by atoms with Gasteiger partial charge in [0.25, 0.3) is 10.0 Å². The van der Waals surface area contributed by atoms with Crippen molar-refractivity contribution in [2.45, 2.75) is 45.6 Å². The van der Waals surface area contributed by atoms with Crippen LogP contribution in [-0.4, -0.2) is 57.8 Å². The smallest absolute Gasteiger partial charge is 0.264 e. The highest BCUT2D eigenvalue weighted by atomic mass is 32.2. The third-order valence-corrected chi connectivity index (χ3v) is 6.87. The normalized spacial score (nSPS) is 13.1. The lowest BCUT2D eigenvalue weighted by atomic mass is 10.1. The van der Waals surface area contributed by atoms with Crippen LogP contribution in [0.3, 0.4) is 0 Å². The van der Waals surface area contributed by atoms with Crippen molar-refractivity contribution in [2.75, 3.05) is 37.6 Å². The highest BCUT2D eigenvalue weighted by Gasteiger charge is 2.28. The molecule has 0 radical (unpaired) electrons. The van der Waals surface area contributed by atoms with E-state index in [0.717, 1.165) is 18.7 Å². The molecule has 1 atom stereocenters. The number of hydrogen-bond donors (Lipinski definition) is 1. The van der Waals surface area contributed by atoms with Crippen molar-refractivity contribution in [3.63, 3.8) is 0 Å². The maximum atomic E-state index is 13.5. The second kappa shape index (κ2) is 11.7. The number of benzene rings is 2. The van der Waals surface area contributed by atoms with Crippen LogP contribution in [0.2, 0.25) is 0 Å². The fourth-order valence-electron chi connectivity index (χ4n) is 3.73. The van der Waals surface area contributed by atoms with E-state index in [1.165, 1.54) is 4.31 Å². The van der Waals surface area contributed by atoms with Crippen LogP contribution in [0.25, 0.3) is 0 Å². The topological polar surface area (TPSA) is 70.1 Å². The van der Waals surface area contributed by atoms with E-state index in [2.05, 4.69) is 32.6 Å². The highest BCUT2D eigenvalue weighted by Crippen LogP contribution is 2.26. The summed E-state index contributed by atoms with van der Waals surface area (Å²) in [6.45, 7) is 12.6. The zero-order valence-electron chi connectivity index (χ0n) is 20.2. The zero-order valence-corrected chi connectivity index (χ0v) is 21.0. The van der Waals surface area contributed by atoms with E-state index < -0.39 is 16.1 Å². The third-order valence-electron chi connectivity index (χ3n) is 5.06. The summed E-state index contributed by atoms with van der Waals surface area (Å²) >= 11 is 0. The summed E-state index contributed by atoms with van der Waals surface area (Å²) in [5, 5.41) is 11.0. The Bertz CT molecular complexity index is 915. The lowest BCUT2D eigenvalue weighted by Gasteiger charge is -2.31. The quantitative estimate of drug-likeness (QED) is 0.513. The number of sulfonamides is 1. The van der Waals surface area contributed by atoms with Gasteiger partial charge in [-0.15, -0.1) is 0 Å². The van der Waals surface area contributed by atoms with Crippen LogP contribution in [0.4, 0.5) is 5.69 Å². The van der Waals surface area contributed by atoms with Crippen LogP contribution in [-0.2, 0) is 10.0 Å². The summed E-state index contributed by atoms with van der Waals surface area (Å²) in [4.78, 5) is 2.41. The van der Waals surface area contributed by atoms with Gasteiger partial charge < -0.3 is 14.7 Å². The Labute approximate surface area is 193 Å². The molecule has 1 N–H and O–H groups in total. The molecule has 2 aromatic rings. The Morgan fingerprint density at radius 3 is 1.84 bits per heavy atom. The SMILES string of the molecule is COc1ccc(N(C[C@@H](O)CN(CC(C)C)CC(C)C)S(=O)(=O)c2ccc(C)cc2)cc1. The molecule has 0 aromatic heterocycles. The second-order valence-corrected chi connectivity index (χ2v) is 11.1. The number of aryl methyl sites for hydroxylation is 1. The van der Waals surface area contributed by atoms with Gasteiger partial charge in [-0.25, -0.2) is 8.42 Å². The predicted octanol–water partition coefficient (Wildman–Crippen LogP) is 4.17. The van der Waals surface area contributed by atoms with Gasteiger partial charge in [-0.3, -0.25) is 4.31 Å². The molecule has 0 unspecified atom stereocenters.